The Morgan fingerprint density at radius 3 is 2.50 bits per heavy atom. The molecule has 1 aromatic heterocycles. The van der Waals surface area contributed by atoms with Crippen LogP contribution in [0.5, 0.6) is 0 Å². The van der Waals surface area contributed by atoms with Gasteiger partial charge < -0.3 is 5.73 Å². The third-order valence-corrected chi connectivity index (χ3v) is 2.24. The number of hydrogen-bond donors (Lipinski definition) is 1. The van der Waals surface area contributed by atoms with E-state index in [0.717, 1.165) is 12.2 Å². The Bertz CT molecular complexity index is 414. The molecule has 0 aliphatic heterocycles. The van der Waals surface area contributed by atoms with E-state index in [-0.39, 0.29) is 0 Å². The van der Waals surface area contributed by atoms with Gasteiger partial charge in [0.2, 0.25) is 0 Å². The summed E-state index contributed by atoms with van der Waals surface area (Å²) in [4.78, 5) is 0. The number of nitrogens with zero attached hydrogens (tertiary/aromatic N) is 2. The van der Waals surface area contributed by atoms with Gasteiger partial charge in [-0.15, -0.1) is 0 Å². The molecule has 2 N–H and O–H groups in total. The maximum absolute atomic E-state index is 5.61. The quantitative estimate of drug-likeness (QED) is 0.729. The van der Waals surface area contributed by atoms with Crippen LogP contribution in [0.1, 0.15) is 11.3 Å². The van der Waals surface area contributed by atoms with Crippen LogP contribution in [-0.2, 0) is 6.54 Å². The lowest BCUT2D eigenvalue weighted by Gasteiger charge is -2.04. The highest BCUT2D eigenvalue weighted by Crippen LogP contribution is 2.08. The fourth-order valence-corrected chi connectivity index (χ4v) is 1.36. The van der Waals surface area contributed by atoms with Crippen molar-refractivity contribution >= 4 is 5.69 Å². The molecule has 0 saturated carbocycles. The van der Waals surface area contributed by atoms with Gasteiger partial charge in [0.15, 0.2) is 0 Å². The van der Waals surface area contributed by atoms with Crippen LogP contribution < -0.4 is 5.73 Å². The zero-order valence-electron chi connectivity index (χ0n) is 8.14. The van der Waals surface area contributed by atoms with Crippen molar-refractivity contribution in [2.24, 2.45) is 0 Å². The van der Waals surface area contributed by atoms with Gasteiger partial charge in [0, 0.05) is 17.6 Å². The summed E-state index contributed by atoms with van der Waals surface area (Å²) in [6, 6.07) is 9.87. The minimum Gasteiger partial charge on any atom is -0.399 e. The van der Waals surface area contributed by atoms with Crippen LogP contribution in [0.3, 0.4) is 0 Å². The SMILES string of the molecule is Cc1ccnn1Cc1ccc(N)cc1. The number of aryl methyl sites for hydroxylation is 1. The van der Waals surface area contributed by atoms with Crippen LogP contribution in [0.4, 0.5) is 5.69 Å². The van der Waals surface area contributed by atoms with E-state index < -0.39 is 0 Å². The minimum absolute atomic E-state index is 0.797. The molecule has 0 aliphatic rings. The molecule has 0 aliphatic carbocycles. The number of benzene rings is 1. The molecule has 3 heteroatoms. The first-order valence-corrected chi connectivity index (χ1v) is 4.58. The lowest BCUT2D eigenvalue weighted by atomic mass is 10.2. The van der Waals surface area contributed by atoms with Crippen molar-refractivity contribution < 1.29 is 0 Å². The second kappa shape index (κ2) is 3.54. The molecule has 0 saturated heterocycles. The van der Waals surface area contributed by atoms with Crippen LogP contribution in [-0.4, -0.2) is 9.78 Å². The standard InChI is InChI=1S/C11H13N3/c1-9-6-7-13-14(9)8-10-2-4-11(12)5-3-10/h2-7H,8,12H2,1H3. The fraction of sp³-hybridized carbons (Fsp3) is 0.182. The van der Waals surface area contributed by atoms with E-state index >= 15 is 0 Å². The van der Waals surface area contributed by atoms with Crippen molar-refractivity contribution in [2.75, 3.05) is 5.73 Å². The molecule has 0 bridgehead atoms. The summed E-state index contributed by atoms with van der Waals surface area (Å²) in [5, 5.41) is 4.22. The average Bonchev–Trinajstić information content (AvgIpc) is 2.56. The van der Waals surface area contributed by atoms with Crippen molar-refractivity contribution in [3.05, 3.63) is 47.8 Å². The topological polar surface area (TPSA) is 43.8 Å². The van der Waals surface area contributed by atoms with E-state index in [1.165, 1.54) is 11.3 Å². The second-order valence-electron chi connectivity index (χ2n) is 3.37. The molecular formula is C11H13N3. The molecule has 2 rings (SSSR count). The molecule has 3 nitrogen and oxygen atoms in total. The van der Waals surface area contributed by atoms with Gasteiger partial charge in [0.25, 0.3) is 0 Å². The van der Waals surface area contributed by atoms with E-state index in [1.54, 1.807) is 0 Å². The van der Waals surface area contributed by atoms with Crippen molar-refractivity contribution in [3.8, 4) is 0 Å². The van der Waals surface area contributed by atoms with Gasteiger partial charge in [-0.1, -0.05) is 12.1 Å². The average molecular weight is 187 g/mol. The molecule has 0 fully saturated rings. The minimum atomic E-state index is 0.797. The predicted molar refractivity (Wildman–Crippen MR) is 56.9 cm³/mol. The van der Waals surface area contributed by atoms with Gasteiger partial charge in [0.05, 0.1) is 6.54 Å². The van der Waals surface area contributed by atoms with Crippen molar-refractivity contribution in [3.63, 3.8) is 0 Å². The smallest absolute Gasteiger partial charge is 0.0662 e. The highest BCUT2D eigenvalue weighted by molar-refractivity contribution is 5.39. The van der Waals surface area contributed by atoms with Crippen molar-refractivity contribution in [2.45, 2.75) is 13.5 Å². The molecule has 0 radical (unpaired) electrons. The zero-order valence-corrected chi connectivity index (χ0v) is 8.14. The number of rotatable bonds is 2. The van der Waals surface area contributed by atoms with Crippen molar-refractivity contribution in [1.29, 1.82) is 0 Å². The Morgan fingerprint density at radius 2 is 1.93 bits per heavy atom. The Kier molecular flexibility index (Phi) is 2.23. The van der Waals surface area contributed by atoms with E-state index in [0.29, 0.717) is 0 Å². The van der Waals surface area contributed by atoms with Crippen LogP contribution >= 0.6 is 0 Å². The number of nitrogens with two attached hydrogens (primary N) is 1. The third kappa shape index (κ3) is 1.76. The van der Waals surface area contributed by atoms with E-state index in [2.05, 4.69) is 5.10 Å². The maximum Gasteiger partial charge on any atom is 0.0662 e. The number of nitrogen functional groups attached to an aromatic ring is 1. The van der Waals surface area contributed by atoms with Gasteiger partial charge in [-0.05, 0) is 30.7 Å². The summed E-state index contributed by atoms with van der Waals surface area (Å²) in [5.41, 5.74) is 8.79. The molecule has 0 spiro atoms. The Labute approximate surface area is 83.2 Å². The largest absolute Gasteiger partial charge is 0.399 e. The Hall–Kier alpha value is -1.77. The fourth-order valence-electron chi connectivity index (χ4n) is 1.36. The lowest BCUT2D eigenvalue weighted by Crippen LogP contribution is -2.03. The third-order valence-electron chi connectivity index (χ3n) is 2.24. The van der Waals surface area contributed by atoms with Gasteiger partial charge in [-0.25, -0.2) is 0 Å². The molecule has 0 unspecified atom stereocenters. The normalized spacial score (nSPS) is 10.4. The molecule has 72 valence electrons. The monoisotopic (exact) mass is 187 g/mol. The second-order valence-corrected chi connectivity index (χ2v) is 3.37. The predicted octanol–water partition coefficient (Wildman–Crippen LogP) is 1.82. The summed E-state index contributed by atoms with van der Waals surface area (Å²) >= 11 is 0. The van der Waals surface area contributed by atoms with Crippen LogP contribution in [0.2, 0.25) is 0 Å². The first kappa shape index (κ1) is 8.81. The van der Waals surface area contributed by atoms with Gasteiger partial charge in [-0.2, -0.15) is 5.10 Å². The Balaban J connectivity index is 2.19. The maximum atomic E-state index is 5.61. The van der Waals surface area contributed by atoms with E-state index in [9.17, 15) is 0 Å². The van der Waals surface area contributed by atoms with Crippen LogP contribution in [0.25, 0.3) is 0 Å². The summed E-state index contributed by atoms with van der Waals surface area (Å²) in [7, 11) is 0. The first-order chi connectivity index (χ1) is 6.75. The highest BCUT2D eigenvalue weighted by Gasteiger charge is 1.98. The molecule has 1 aromatic carbocycles. The van der Waals surface area contributed by atoms with Crippen LogP contribution in [0, 0.1) is 6.92 Å². The van der Waals surface area contributed by atoms with Gasteiger partial charge in [0.1, 0.15) is 0 Å². The molecule has 1 heterocycles. The summed E-state index contributed by atoms with van der Waals surface area (Å²) in [5.74, 6) is 0. The molecule has 2 aromatic rings. The molecule has 14 heavy (non-hydrogen) atoms. The lowest BCUT2D eigenvalue weighted by molar-refractivity contribution is 0.665. The van der Waals surface area contributed by atoms with E-state index in [4.69, 9.17) is 5.73 Å². The number of aromatic nitrogens is 2. The van der Waals surface area contributed by atoms with E-state index in [1.807, 2.05) is 48.1 Å². The van der Waals surface area contributed by atoms with Gasteiger partial charge in [-0.3, -0.25) is 4.68 Å². The molecule has 0 amide bonds. The van der Waals surface area contributed by atoms with Crippen molar-refractivity contribution in [1.82, 2.24) is 9.78 Å². The number of anilines is 1. The Morgan fingerprint density at radius 1 is 1.21 bits per heavy atom. The zero-order chi connectivity index (χ0) is 9.97. The number of hydrogen-bond acceptors (Lipinski definition) is 2. The summed E-state index contributed by atoms with van der Waals surface area (Å²) in [6.07, 6.45) is 1.81. The molecular weight excluding hydrogens is 174 g/mol. The van der Waals surface area contributed by atoms with Gasteiger partial charge >= 0.3 is 0 Å². The highest BCUT2D eigenvalue weighted by atomic mass is 15.3. The molecule has 0 atom stereocenters. The summed E-state index contributed by atoms with van der Waals surface area (Å²) < 4.78 is 1.96. The summed E-state index contributed by atoms with van der Waals surface area (Å²) in [6.45, 7) is 2.85. The first-order valence-electron chi connectivity index (χ1n) is 4.58. The van der Waals surface area contributed by atoms with Crippen LogP contribution in [0.15, 0.2) is 36.5 Å².